The molecule has 0 radical (unpaired) electrons. The fourth-order valence-electron chi connectivity index (χ4n) is 1.52. The van der Waals surface area contributed by atoms with Crippen LogP contribution in [0.5, 0.6) is 6.01 Å². The molecule has 1 heterocycles. The SMILES string of the molecule is CCCNc1nc(Cl)nc(OCCN(CC)CC)n1. The van der Waals surface area contributed by atoms with Crippen LogP contribution in [0.1, 0.15) is 27.2 Å². The van der Waals surface area contributed by atoms with E-state index in [9.17, 15) is 0 Å². The zero-order valence-corrected chi connectivity index (χ0v) is 12.6. The third-order valence-corrected chi connectivity index (χ3v) is 2.82. The van der Waals surface area contributed by atoms with E-state index in [-0.39, 0.29) is 11.3 Å². The van der Waals surface area contributed by atoms with Gasteiger partial charge in [0.1, 0.15) is 6.61 Å². The molecule has 0 atom stereocenters. The molecule has 0 unspecified atom stereocenters. The Bertz CT molecular complexity index is 373. The van der Waals surface area contributed by atoms with E-state index in [1.54, 1.807) is 0 Å². The summed E-state index contributed by atoms with van der Waals surface area (Å²) in [6, 6.07) is 0.269. The molecule has 1 aromatic rings. The molecule has 0 saturated heterocycles. The predicted molar refractivity (Wildman–Crippen MR) is 76.9 cm³/mol. The monoisotopic (exact) mass is 287 g/mol. The summed E-state index contributed by atoms with van der Waals surface area (Å²) < 4.78 is 5.51. The van der Waals surface area contributed by atoms with E-state index >= 15 is 0 Å². The Labute approximate surface area is 119 Å². The molecule has 0 spiro atoms. The van der Waals surface area contributed by atoms with Crippen LogP contribution in [-0.2, 0) is 0 Å². The number of rotatable bonds is 9. The van der Waals surface area contributed by atoms with Crippen molar-refractivity contribution in [2.45, 2.75) is 27.2 Å². The first-order valence-corrected chi connectivity index (χ1v) is 7.07. The molecular formula is C12H22ClN5O. The molecule has 19 heavy (non-hydrogen) atoms. The van der Waals surface area contributed by atoms with Crippen LogP contribution in [0.2, 0.25) is 5.28 Å². The van der Waals surface area contributed by atoms with Crippen molar-refractivity contribution in [2.24, 2.45) is 0 Å². The standard InChI is InChI=1S/C12H22ClN5O/c1-4-7-14-11-15-10(13)16-12(17-11)19-9-8-18(5-2)6-3/h4-9H2,1-3H3,(H,14,15,16,17). The van der Waals surface area contributed by atoms with Crippen LogP contribution in [0.3, 0.4) is 0 Å². The van der Waals surface area contributed by atoms with Gasteiger partial charge in [-0.2, -0.15) is 15.0 Å². The molecule has 0 aromatic carbocycles. The third-order valence-electron chi connectivity index (χ3n) is 2.65. The summed E-state index contributed by atoms with van der Waals surface area (Å²) in [5, 5.41) is 3.20. The summed E-state index contributed by atoms with van der Waals surface area (Å²) in [6.45, 7) is 10.5. The first kappa shape index (κ1) is 15.9. The number of ether oxygens (including phenoxy) is 1. The van der Waals surface area contributed by atoms with Gasteiger partial charge in [0.15, 0.2) is 0 Å². The Morgan fingerprint density at radius 1 is 1.16 bits per heavy atom. The Kier molecular flexibility index (Phi) is 7.43. The highest BCUT2D eigenvalue weighted by Crippen LogP contribution is 2.11. The predicted octanol–water partition coefficient (Wildman–Crippen LogP) is 2.07. The Morgan fingerprint density at radius 3 is 2.53 bits per heavy atom. The molecule has 1 rings (SSSR count). The molecule has 108 valence electrons. The second kappa shape index (κ2) is 8.87. The lowest BCUT2D eigenvalue weighted by molar-refractivity contribution is 0.212. The molecular weight excluding hydrogens is 266 g/mol. The van der Waals surface area contributed by atoms with E-state index in [2.05, 4.69) is 45.9 Å². The van der Waals surface area contributed by atoms with Crippen LogP contribution < -0.4 is 10.1 Å². The Morgan fingerprint density at radius 2 is 1.89 bits per heavy atom. The maximum atomic E-state index is 5.83. The number of hydrogen-bond donors (Lipinski definition) is 1. The van der Waals surface area contributed by atoms with Crippen molar-refractivity contribution >= 4 is 17.5 Å². The quantitative estimate of drug-likeness (QED) is 0.750. The van der Waals surface area contributed by atoms with Gasteiger partial charge in [-0.15, -0.1) is 0 Å². The highest BCUT2D eigenvalue weighted by atomic mass is 35.5. The molecule has 1 N–H and O–H groups in total. The number of hydrogen-bond acceptors (Lipinski definition) is 6. The first-order chi connectivity index (χ1) is 9.19. The van der Waals surface area contributed by atoms with Crippen LogP contribution in [-0.4, -0.2) is 52.6 Å². The van der Waals surface area contributed by atoms with Gasteiger partial charge in [-0.05, 0) is 31.1 Å². The zero-order valence-electron chi connectivity index (χ0n) is 11.8. The molecule has 7 heteroatoms. The van der Waals surface area contributed by atoms with E-state index in [0.717, 1.165) is 32.6 Å². The van der Waals surface area contributed by atoms with Crippen LogP contribution in [0.4, 0.5) is 5.95 Å². The van der Waals surface area contributed by atoms with Gasteiger partial charge in [-0.3, -0.25) is 0 Å². The highest BCUT2D eigenvalue weighted by Gasteiger charge is 2.06. The minimum atomic E-state index is 0.145. The van der Waals surface area contributed by atoms with E-state index < -0.39 is 0 Å². The molecule has 0 amide bonds. The molecule has 0 bridgehead atoms. The van der Waals surface area contributed by atoms with Crippen molar-refractivity contribution < 1.29 is 4.74 Å². The lowest BCUT2D eigenvalue weighted by atomic mass is 10.5. The van der Waals surface area contributed by atoms with E-state index in [4.69, 9.17) is 16.3 Å². The van der Waals surface area contributed by atoms with Gasteiger partial charge in [0.05, 0.1) is 0 Å². The maximum Gasteiger partial charge on any atom is 0.322 e. The summed E-state index contributed by atoms with van der Waals surface area (Å²) in [4.78, 5) is 14.4. The van der Waals surface area contributed by atoms with Crippen molar-refractivity contribution in [3.63, 3.8) is 0 Å². The summed E-state index contributed by atoms with van der Waals surface area (Å²) in [7, 11) is 0. The average Bonchev–Trinajstić information content (AvgIpc) is 2.41. The second-order valence-corrected chi connectivity index (χ2v) is 4.35. The summed E-state index contributed by atoms with van der Waals surface area (Å²) in [6.07, 6.45) is 0.988. The summed E-state index contributed by atoms with van der Waals surface area (Å²) in [5.74, 6) is 0.458. The fourth-order valence-corrected chi connectivity index (χ4v) is 1.67. The molecule has 0 aliphatic heterocycles. The number of nitrogens with one attached hydrogen (secondary N) is 1. The van der Waals surface area contributed by atoms with Gasteiger partial charge < -0.3 is 15.0 Å². The van der Waals surface area contributed by atoms with Gasteiger partial charge in [0.25, 0.3) is 0 Å². The van der Waals surface area contributed by atoms with Gasteiger partial charge in [0.2, 0.25) is 11.2 Å². The molecule has 1 aromatic heterocycles. The van der Waals surface area contributed by atoms with Crippen molar-refractivity contribution in [2.75, 3.05) is 38.1 Å². The second-order valence-electron chi connectivity index (χ2n) is 4.01. The normalized spacial score (nSPS) is 10.8. The molecule has 0 saturated carbocycles. The van der Waals surface area contributed by atoms with Gasteiger partial charge in [-0.25, -0.2) is 0 Å². The zero-order chi connectivity index (χ0) is 14.1. The smallest absolute Gasteiger partial charge is 0.322 e. The van der Waals surface area contributed by atoms with Crippen LogP contribution in [0.25, 0.3) is 0 Å². The molecule has 0 aliphatic carbocycles. The number of likely N-dealkylation sites (N-methyl/N-ethyl adjacent to an activating group) is 1. The number of aromatic nitrogens is 3. The number of anilines is 1. The largest absolute Gasteiger partial charge is 0.462 e. The summed E-state index contributed by atoms with van der Waals surface area (Å²) >= 11 is 5.83. The highest BCUT2D eigenvalue weighted by molar-refractivity contribution is 6.28. The summed E-state index contributed by atoms with van der Waals surface area (Å²) in [5.41, 5.74) is 0. The lowest BCUT2D eigenvalue weighted by Crippen LogP contribution is -2.28. The van der Waals surface area contributed by atoms with Crippen LogP contribution in [0.15, 0.2) is 0 Å². The topological polar surface area (TPSA) is 63.2 Å². The van der Waals surface area contributed by atoms with Gasteiger partial charge in [0, 0.05) is 13.1 Å². The van der Waals surface area contributed by atoms with E-state index in [1.165, 1.54) is 0 Å². The van der Waals surface area contributed by atoms with Gasteiger partial charge >= 0.3 is 6.01 Å². The van der Waals surface area contributed by atoms with Crippen LogP contribution >= 0.6 is 11.6 Å². The van der Waals surface area contributed by atoms with E-state index in [1.807, 2.05) is 0 Å². The van der Waals surface area contributed by atoms with Crippen molar-refractivity contribution in [3.05, 3.63) is 5.28 Å². The van der Waals surface area contributed by atoms with Crippen molar-refractivity contribution in [1.82, 2.24) is 19.9 Å². The third kappa shape index (κ3) is 6.02. The fraction of sp³-hybridized carbons (Fsp3) is 0.750. The lowest BCUT2D eigenvalue weighted by Gasteiger charge is -2.17. The average molecular weight is 288 g/mol. The number of nitrogens with zero attached hydrogens (tertiary/aromatic N) is 4. The van der Waals surface area contributed by atoms with Crippen molar-refractivity contribution in [3.8, 4) is 6.01 Å². The van der Waals surface area contributed by atoms with Crippen molar-refractivity contribution in [1.29, 1.82) is 0 Å². The Hall–Kier alpha value is -1.14. The number of halogens is 1. The minimum absolute atomic E-state index is 0.145. The molecule has 0 fully saturated rings. The maximum absolute atomic E-state index is 5.83. The molecule has 6 nitrogen and oxygen atoms in total. The molecule has 0 aliphatic rings. The minimum Gasteiger partial charge on any atom is -0.462 e. The van der Waals surface area contributed by atoms with Crippen LogP contribution in [0, 0.1) is 0 Å². The first-order valence-electron chi connectivity index (χ1n) is 6.70. The van der Waals surface area contributed by atoms with Gasteiger partial charge in [-0.1, -0.05) is 20.8 Å². The van der Waals surface area contributed by atoms with E-state index in [0.29, 0.717) is 12.6 Å². The Balaban J connectivity index is 2.50.